The molecule has 16 heavy (non-hydrogen) atoms. The van der Waals surface area contributed by atoms with Gasteiger partial charge in [-0.05, 0) is 49.5 Å². The first-order valence-electron chi connectivity index (χ1n) is 5.71. The van der Waals surface area contributed by atoms with Crippen molar-refractivity contribution in [3.8, 4) is 0 Å². The van der Waals surface area contributed by atoms with E-state index < -0.39 is 0 Å². The third kappa shape index (κ3) is 3.31. The van der Waals surface area contributed by atoms with E-state index in [0.29, 0.717) is 5.78 Å². The average molecular weight is 279 g/mol. The predicted molar refractivity (Wildman–Crippen MR) is 69.4 cm³/mol. The Morgan fingerprint density at radius 2 is 1.75 bits per heavy atom. The van der Waals surface area contributed by atoms with E-state index in [1.54, 1.807) is 0 Å². The first kappa shape index (κ1) is 11.6. The van der Waals surface area contributed by atoms with Crippen molar-refractivity contribution in [1.82, 2.24) is 0 Å². The van der Waals surface area contributed by atoms with Crippen molar-refractivity contribution in [2.45, 2.75) is 32.1 Å². The molecular weight excluding hydrogens is 264 g/mol. The van der Waals surface area contributed by atoms with E-state index in [2.05, 4.69) is 40.2 Å². The highest BCUT2D eigenvalue weighted by Crippen LogP contribution is 2.20. The fraction of sp³-hybridized carbons (Fsp3) is 0.357. The van der Waals surface area contributed by atoms with E-state index in [1.807, 2.05) is 6.08 Å². The molecule has 1 aromatic carbocycles. The van der Waals surface area contributed by atoms with E-state index >= 15 is 0 Å². The molecule has 0 aliphatic heterocycles. The number of hydrogen-bond donors (Lipinski definition) is 0. The minimum atomic E-state index is 0.296. The zero-order valence-corrected chi connectivity index (χ0v) is 10.8. The number of allylic oxidation sites excluding steroid dienone is 2. The first-order valence-corrected chi connectivity index (χ1v) is 6.50. The quantitative estimate of drug-likeness (QED) is 0.797. The Labute approximate surface area is 105 Å². The molecule has 0 atom stereocenters. The molecule has 2 rings (SSSR count). The summed E-state index contributed by atoms with van der Waals surface area (Å²) in [5, 5.41) is 0. The number of carbonyl (C=O) groups excluding carboxylic acids is 1. The molecule has 0 saturated carbocycles. The van der Waals surface area contributed by atoms with Gasteiger partial charge in [0.25, 0.3) is 0 Å². The highest BCUT2D eigenvalue weighted by Gasteiger charge is 2.08. The molecule has 0 N–H and O–H groups in total. The van der Waals surface area contributed by atoms with Crippen LogP contribution in [0, 0.1) is 0 Å². The third-order valence-electron chi connectivity index (χ3n) is 2.88. The summed E-state index contributed by atoms with van der Waals surface area (Å²) in [4.78, 5) is 11.5. The summed E-state index contributed by atoms with van der Waals surface area (Å²) in [6.45, 7) is 0. The molecule has 0 unspecified atom stereocenters. The van der Waals surface area contributed by atoms with Crippen LogP contribution in [0.1, 0.15) is 31.2 Å². The molecule has 0 fully saturated rings. The van der Waals surface area contributed by atoms with E-state index in [9.17, 15) is 4.79 Å². The Hall–Kier alpha value is -0.890. The monoisotopic (exact) mass is 278 g/mol. The van der Waals surface area contributed by atoms with Crippen LogP contribution in [0.2, 0.25) is 0 Å². The Kier molecular flexibility index (Phi) is 3.94. The Bertz CT molecular complexity index is 403. The lowest BCUT2D eigenvalue weighted by Gasteiger charge is -2.05. The molecule has 0 saturated heterocycles. The number of rotatable bonds is 2. The zero-order chi connectivity index (χ0) is 11.4. The molecule has 0 spiro atoms. The number of halogens is 1. The highest BCUT2D eigenvalue weighted by molar-refractivity contribution is 9.10. The van der Waals surface area contributed by atoms with Crippen LogP contribution in [0.5, 0.6) is 0 Å². The summed E-state index contributed by atoms with van der Waals surface area (Å²) in [6.07, 6.45) is 6.76. The van der Waals surface area contributed by atoms with Crippen molar-refractivity contribution in [3.05, 3.63) is 46.0 Å². The number of benzene rings is 1. The summed E-state index contributed by atoms with van der Waals surface area (Å²) in [7, 11) is 0. The molecule has 0 radical (unpaired) electrons. The summed E-state index contributed by atoms with van der Waals surface area (Å²) in [5.41, 5.74) is 2.56. The summed E-state index contributed by atoms with van der Waals surface area (Å²) in [6, 6.07) is 8.32. The maximum absolute atomic E-state index is 11.5. The van der Waals surface area contributed by atoms with Gasteiger partial charge in [0.1, 0.15) is 0 Å². The van der Waals surface area contributed by atoms with Gasteiger partial charge in [-0.25, -0.2) is 0 Å². The standard InChI is InChI=1S/C14H15BrO/c15-13-7-5-11(6-8-13)9-12-3-1-2-4-14(16)10-12/h5-8,10H,1-4,9H2. The van der Waals surface area contributed by atoms with E-state index in [0.717, 1.165) is 36.6 Å². The minimum absolute atomic E-state index is 0.296. The molecular formula is C14H15BrO. The summed E-state index contributed by atoms with van der Waals surface area (Å²) >= 11 is 3.42. The fourth-order valence-electron chi connectivity index (χ4n) is 2.03. The fourth-order valence-corrected chi connectivity index (χ4v) is 2.29. The Balaban J connectivity index is 2.08. The van der Waals surface area contributed by atoms with Crippen molar-refractivity contribution < 1.29 is 4.79 Å². The molecule has 1 aromatic rings. The SMILES string of the molecule is O=C1C=C(Cc2ccc(Br)cc2)CCCC1. The second kappa shape index (κ2) is 5.44. The lowest BCUT2D eigenvalue weighted by molar-refractivity contribution is -0.114. The molecule has 1 aliphatic carbocycles. The van der Waals surface area contributed by atoms with Gasteiger partial charge in [0.05, 0.1) is 0 Å². The minimum Gasteiger partial charge on any atom is -0.295 e. The Morgan fingerprint density at radius 1 is 1.06 bits per heavy atom. The van der Waals surface area contributed by atoms with Gasteiger partial charge in [0, 0.05) is 10.9 Å². The van der Waals surface area contributed by atoms with E-state index in [4.69, 9.17) is 0 Å². The second-order valence-corrected chi connectivity index (χ2v) is 5.19. The number of ketones is 1. The van der Waals surface area contributed by atoms with Crippen LogP contribution in [0.25, 0.3) is 0 Å². The van der Waals surface area contributed by atoms with Gasteiger partial charge in [-0.2, -0.15) is 0 Å². The molecule has 1 aliphatic rings. The predicted octanol–water partition coefficient (Wildman–Crippen LogP) is 4.06. The van der Waals surface area contributed by atoms with Gasteiger partial charge >= 0.3 is 0 Å². The van der Waals surface area contributed by atoms with E-state index in [-0.39, 0.29) is 0 Å². The van der Waals surface area contributed by atoms with Gasteiger partial charge in [0.15, 0.2) is 5.78 Å². The molecule has 0 bridgehead atoms. The molecule has 0 aromatic heterocycles. The van der Waals surface area contributed by atoms with Crippen LogP contribution in [0.4, 0.5) is 0 Å². The highest BCUT2D eigenvalue weighted by atomic mass is 79.9. The number of carbonyl (C=O) groups is 1. The van der Waals surface area contributed by atoms with Crippen LogP contribution in [-0.4, -0.2) is 5.78 Å². The van der Waals surface area contributed by atoms with E-state index in [1.165, 1.54) is 11.1 Å². The van der Waals surface area contributed by atoms with Crippen LogP contribution < -0.4 is 0 Å². The molecule has 1 nitrogen and oxygen atoms in total. The van der Waals surface area contributed by atoms with Crippen molar-refractivity contribution in [2.75, 3.05) is 0 Å². The average Bonchev–Trinajstić information content (AvgIpc) is 2.46. The van der Waals surface area contributed by atoms with Gasteiger partial charge in [-0.15, -0.1) is 0 Å². The van der Waals surface area contributed by atoms with Gasteiger partial charge in [-0.3, -0.25) is 4.79 Å². The summed E-state index contributed by atoms with van der Waals surface area (Å²) in [5.74, 6) is 0.296. The lowest BCUT2D eigenvalue weighted by atomic mass is 10.0. The summed E-state index contributed by atoms with van der Waals surface area (Å²) < 4.78 is 1.10. The number of hydrogen-bond acceptors (Lipinski definition) is 1. The van der Waals surface area contributed by atoms with Gasteiger partial charge in [0.2, 0.25) is 0 Å². The van der Waals surface area contributed by atoms with Crippen LogP contribution in [0.15, 0.2) is 40.4 Å². The van der Waals surface area contributed by atoms with Crippen LogP contribution in [0.3, 0.4) is 0 Å². The second-order valence-electron chi connectivity index (χ2n) is 4.28. The van der Waals surface area contributed by atoms with Crippen molar-refractivity contribution >= 4 is 21.7 Å². The van der Waals surface area contributed by atoms with Crippen LogP contribution >= 0.6 is 15.9 Å². The topological polar surface area (TPSA) is 17.1 Å². The Morgan fingerprint density at radius 3 is 2.50 bits per heavy atom. The van der Waals surface area contributed by atoms with Crippen LogP contribution in [-0.2, 0) is 11.2 Å². The smallest absolute Gasteiger partial charge is 0.155 e. The lowest BCUT2D eigenvalue weighted by Crippen LogP contribution is -1.93. The molecule has 0 amide bonds. The van der Waals surface area contributed by atoms with Crippen molar-refractivity contribution in [2.24, 2.45) is 0 Å². The maximum atomic E-state index is 11.5. The van der Waals surface area contributed by atoms with Gasteiger partial charge in [-0.1, -0.05) is 33.6 Å². The molecule has 2 heteroatoms. The first-order chi connectivity index (χ1) is 7.74. The third-order valence-corrected chi connectivity index (χ3v) is 3.41. The van der Waals surface area contributed by atoms with Crippen molar-refractivity contribution in [3.63, 3.8) is 0 Å². The largest absolute Gasteiger partial charge is 0.295 e. The normalized spacial score (nSPS) is 16.8. The molecule has 0 heterocycles. The van der Waals surface area contributed by atoms with Crippen molar-refractivity contribution in [1.29, 1.82) is 0 Å². The zero-order valence-electron chi connectivity index (χ0n) is 9.21. The van der Waals surface area contributed by atoms with Gasteiger partial charge < -0.3 is 0 Å². The molecule has 84 valence electrons. The maximum Gasteiger partial charge on any atom is 0.155 e.